The predicted octanol–water partition coefficient (Wildman–Crippen LogP) is 1.26. The van der Waals surface area contributed by atoms with Crippen LogP contribution in [0.1, 0.15) is 16.1 Å². The first-order valence-corrected chi connectivity index (χ1v) is 8.36. The monoisotopic (exact) mass is 358 g/mol. The van der Waals surface area contributed by atoms with E-state index in [9.17, 15) is 4.79 Å². The van der Waals surface area contributed by atoms with Gasteiger partial charge in [0, 0.05) is 24.8 Å². The van der Waals surface area contributed by atoms with Crippen LogP contribution in [-0.2, 0) is 11.3 Å². The van der Waals surface area contributed by atoms with Crippen LogP contribution >= 0.6 is 0 Å². The van der Waals surface area contributed by atoms with E-state index in [4.69, 9.17) is 14.2 Å². The summed E-state index contributed by atoms with van der Waals surface area (Å²) in [6.45, 7) is 3.18. The predicted molar refractivity (Wildman–Crippen MR) is 95.8 cm³/mol. The third kappa shape index (κ3) is 4.20. The second-order valence-corrected chi connectivity index (χ2v) is 5.70. The van der Waals surface area contributed by atoms with E-state index >= 15 is 0 Å². The van der Waals surface area contributed by atoms with Gasteiger partial charge in [0.15, 0.2) is 11.5 Å². The number of hydrogen-bond donors (Lipinski definition) is 1. The molecule has 0 spiro atoms. The van der Waals surface area contributed by atoms with Crippen LogP contribution in [0.25, 0.3) is 0 Å². The fraction of sp³-hybridized carbons (Fsp3) is 0.389. The summed E-state index contributed by atoms with van der Waals surface area (Å²) in [4.78, 5) is 23.3. The van der Waals surface area contributed by atoms with Gasteiger partial charge in [-0.3, -0.25) is 4.79 Å². The summed E-state index contributed by atoms with van der Waals surface area (Å²) in [6, 6.07) is 6.83. The topological polar surface area (TPSA) is 85.8 Å². The molecule has 0 aliphatic carbocycles. The van der Waals surface area contributed by atoms with Crippen LogP contribution in [0.4, 0.5) is 5.95 Å². The lowest BCUT2D eigenvalue weighted by molar-refractivity contribution is 0.0950. The van der Waals surface area contributed by atoms with Gasteiger partial charge in [-0.15, -0.1) is 0 Å². The number of hydrogen-bond acceptors (Lipinski definition) is 7. The number of anilines is 1. The molecule has 138 valence electrons. The summed E-state index contributed by atoms with van der Waals surface area (Å²) in [5.74, 6) is 1.54. The molecule has 1 aliphatic rings. The first-order valence-electron chi connectivity index (χ1n) is 8.36. The highest BCUT2D eigenvalue weighted by atomic mass is 16.5. The zero-order chi connectivity index (χ0) is 18.4. The molecule has 0 bridgehead atoms. The Morgan fingerprint density at radius 2 is 1.96 bits per heavy atom. The van der Waals surface area contributed by atoms with Crippen LogP contribution in [0, 0.1) is 0 Å². The second kappa shape index (κ2) is 8.48. The maximum Gasteiger partial charge on any atom is 0.251 e. The zero-order valence-corrected chi connectivity index (χ0v) is 14.9. The Balaban J connectivity index is 1.64. The first-order chi connectivity index (χ1) is 12.7. The van der Waals surface area contributed by atoms with Gasteiger partial charge in [-0.05, 0) is 24.3 Å². The Bertz CT molecular complexity index is 763. The smallest absolute Gasteiger partial charge is 0.251 e. The van der Waals surface area contributed by atoms with Crippen molar-refractivity contribution in [3.05, 3.63) is 41.7 Å². The number of carbonyl (C=O) groups excluding carboxylic acids is 1. The van der Waals surface area contributed by atoms with Crippen molar-refractivity contribution in [3.8, 4) is 11.5 Å². The molecule has 2 aromatic rings. The highest BCUT2D eigenvalue weighted by Gasteiger charge is 2.15. The van der Waals surface area contributed by atoms with Crippen molar-refractivity contribution in [2.24, 2.45) is 0 Å². The number of methoxy groups -OCH3 is 2. The van der Waals surface area contributed by atoms with Crippen molar-refractivity contribution >= 4 is 11.9 Å². The SMILES string of the molecule is COc1ccc(C(=O)NCc2ccnc(N3CCOCC3)n2)cc1OC. The van der Waals surface area contributed by atoms with E-state index in [2.05, 4.69) is 20.2 Å². The van der Waals surface area contributed by atoms with E-state index < -0.39 is 0 Å². The van der Waals surface area contributed by atoms with Crippen LogP contribution in [0.15, 0.2) is 30.5 Å². The zero-order valence-electron chi connectivity index (χ0n) is 14.9. The minimum Gasteiger partial charge on any atom is -0.493 e. The molecule has 1 aromatic carbocycles. The minimum atomic E-state index is -0.211. The Kier molecular flexibility index (Phi) is 5.85. The number of ether oxygens (including phenoxy) is 3. The van der Waals surface area contributed by atoms with Crippen molar-refractivity contribution in [3.63, 3.8) is 0 Å². The lowest BCUT2D eigenvalue weighted by atomic mass is 10.2. The van der Waals surface area contributed by atoms with Crippen molar-refractivity contribution in [2.45, 2.75) is 6.54 Å². The third-order valence-corrected chi connectivity index (χ3v) is 4.07. The molecule has 0 saturated carbocycles. The number of benzene rings is 1. The van der Waals surface area contributed by atoms with Crippen LogP contribution in [0.2, 0.25) is 0 Å². The number of morpholine rings is 1. The van der Waals surface area contributed by atoms with Crippen LogP contribution in [-0.4, -0.2) is 56.4 Å². The van der Waals surface area contributed by atoms with Gasteiger partial charge in [-0.1, -0.05) is 0 Å². The van der Waals surface area contributed by atoms with Crippen molar-refractivity contribution in [1.29, 1.82) is 0 Å². The van der Waals surface area contributed by atoms with Crippen molar-refractivity contribution in [2.75, 3.05) is 45.4 Å². The quantitative estimate of drug-likeness (QED) is 0.832. The highest BCUT2D eigenvalue weighted by Crippen LogP contribution is 2.27. The molecular formula is C18H22N4O4. The van der Waals surface area contributed by atoms with E-state index in [1.165, 1.54) is 7.11 Å². The van der Waals surface area contributed by atoms with E-state index in [-0.39, 0.29) is 5.91 Å². The van der Waals surface area contributed by atoms with Gasteiger partial charge < -0.3 is 24.4 Å². The fourth-order valence-electron chi connectivity index (χ4n) is 2.65. The lowest BCUT2D eigenvalue weighted by Crippen LogP contribution is -2.37. The molecule has 2 heterocycles. The molecular weight excluding hydrogens is 336 g/mol. The van der Waals surface area contributed by atoms with Gasteiger partial charge in [0.2, 0.25) is 5.95 Å². The molecule has 1 saturated heterocycles. The Labute approximate surface area is 152 Å². The second-order valence-electron chi connectivity index (χ2n) is 5.70. The van der Waals surface area contributed by atoms with Gasteiger partial charge in [0.1, 0.15) is 0 Å². The Morgan fingerprint density at radius 3 is 2.69 bits per heavy atom. The number of carbonyl (C=O) groups is 1. The largest absolute Gasteiger partial charge is 0.493 e. The molecule has 1 aliphatic heterocycles. The summed E-state index contributed by atoms with van der Waals surface area (Å²) >= 11 is 0. The molecule has 0 radical (unpaired) electrons. The Morgan fingerprint density at radius 1 is 1.19 bits per heavy atom. The number of nitrogens with one attached hydrogen (secondary N) is 1. The average molecular weight is 358 g/mol. The highest BCUT2D eigenvalue weighted by molar-refractivity contribution is 5.94. The minimum absolute atomic E-state index is 0.211. The molecule has 26 heavy (non-hydrogen) atoms. The summed E-state index contributed by atoms with van der Waals surface area (Å²) in [5, 5.41) is 2.87. The number of nitrogens with zero attached hydrogens (tertiary/aromatic N) is 3. The lowest BCUT2D eigenvalue weighted by Gasteiger charge is -2.26. The maximum absolute atomic E-state index is 12.4. The molecule has 1 fully saturated rings. The first kappa shape index (κ1) is 17.9. The maximum atomic E-state index is 12.4. The van der Waals surface area contributed by atoms with Crippen molar-refractivity contribution in [1.82, 2.24) is 15.3 Å². The number of amides is 1. The molecule has 8 nitrogen and oxygen atoms in total. The molecule has 1 amide bonds. The molecule has 0 atom stereocenters. The average Bonchev–Trinajstić information content (AvgIpc) is 2.72. The summed E-state index contributed by atoms with van der Waals surface area (Å²) in [5.41, 5.74) is 1.24. The van der Waals surface area contributed by atoms with E-state index in [1.54, 1.807) is 37.6 Å². The molecule has 0 unspecified atom stereocenters. The summed E-state index contributed by atoms with van der Waals surface area (Å²) in [6.07, 6.45) is 1.70. The number of aromatic nitrogens is 2. The van der Waals surface area contributed by atoms with Gasteiger partial charge >= 0.3 is 0 Å². The van der Waals surface area contributed by atoms with E-state index in [1.807, 2.05) is 0 Å². The third-order valence-electron chi connectivity index (χ3n) is 4.07. The van der Waals surface area contributed by atoms with E-state index in [0.717, 1.165) is 18.8 Å². The molecule has 8 heteroatoms. The molecule has 3 rings (SSSR count). The van der Waals surface area contributed by atoms with Crippen LogP contribution < -0.4 is 19.7 Å². The van der Waals surface area contributed by atoms with Crippen molar-refractivity contribution < 1.29 is 19.0 Å². The number of rotatable bonds is 6. The van der Waals surface area contributed by atoms with E-state index in [0.29, 0.717) is 42.8 Å². The van der Waals surface area contributed by atoms with Crippen LogP contribution in [0.5, 0.6) is 11.5 Å². The standard InChI is InChI=1S/C18H22N4O4/c1-24-15-4-3-13(11-16(15)25-2)17(23)20-12-14-5-6-19-18(21-14)22-7-9-26-10-8-22/h3-6,11H,7-10,12H2,1-2H3,(H,20,23). The summed E-state index contributed by atoms with van der Waals surface area (Å²) < 4.78 is 15.8. The Hall–Kier alpha value is -2.87. The van der Waals surface area contributed by atoms with Gasteiger partial charge in [-0.25, -0.2) is 9.97 Å². The van der Waals surface area contributed by atoms with Gasteiger partial charge in [0.25, 0.3) is 5.91 Å². The van der Waals surface area contributed by atoms with Gasteiger partial charge in [-0.2, -0.15) is 0 Å². The fourth-order valence-corrected chi connectivity index (χ4v) is 2.65. The van der Waals surface area contributed by atoms with Gasteiger partial charge in [0.05, 0.1) is 39.7 Å². The molecule has 1 N–H and O–H groups in total. The molecule has 1 aromatic heterocycles. The summed E-state index contributed by atoms with van der Waals surface area (Å²) in [7, 11) is 3.09. The normalized spacial score (nSPS) is 14.0. The van der Waals surface area contributed by atoms with Crippen LogP contribution in [0.3, 0.4) is 0 Å².